The second-order valence-corrected chi connectivity index (χ2v) is 13.9. The van der Waals surface area contributed by atoms with Gasteiger partial charge in [0.1, 0.15) is 12.2 Å². The molecular formula is C21H32N2O8S2. The summed E-state index contributed by atoms with van der Waals surface area (Å²) in [6, 6.07) is 0. The number of hydrogen-bond donors (Lipinski definition) is 0. The molecule has 2 aliphatic heterocycles. The van der Waals surface area contributed by atoms with Crippen molar-refractivity contribution in [2.75, 3.05) is 38.7 Å². The van der Waals surface area contributed by atoms with Gasteiger partial charge in [-0.15, -0.1) is 0 Å². The molecule has 4 bridgehead atoms. The Bertz CT molecular complexity index is 1010. The monoisotopic (exact) mass is 504 g/mol. The zero-order chi connectivity index (χ0) is 24.1. The molecule has 2 unspecified atom stereocenters. The average Bonchev–Trinajstić information content (AvgIpc) is 3.06. The van der Waals surface area contributed by atoms with Crippen LogP contribution >= 0.6 is 0 Å². The minimum absolute atomic E-state index is 0.00543. The Kier molecular flexibility index (Phi) is 6.67. The molecule has 6 atom stereocenters. The molecule has 0 spiro atoms. The van der Waals surface area contributed by atoms with Crippen LogP contribution in [0.15, 0.2) is 12.2 Å². The standard InChI is InChI=1S/C21H32N2O8S2/c1-13(21(25)31-20-16-6-7-17(20)12-23(11-16)33(3,28)29)8-18(24)30-19-14-4-5-15(19)10-22(9-14)32(2,26)27/h14-17,19-20H,1,4-12H2,2-3H3/t14-,15+,16-,17+,19?,20?. The van der Waals surface area contributed by atoms with Gasteiger partial charge in [0.2, 0.25) is 20.0 Å². The summed E-state index contributed by atoms with van der Waals surface area (Å²) in [5.74, 6) is -1.43. The van der Waals surface area contributed by atoms with E-state index in [0.717, 1.165) is 25.7 Å². The third-order valence-electron chi connectivity index (χ3n) is 7.52. The lowest BCUT2D eigenvalue weighted by molar-refractivity contribution is -0.157. The lowest BCUT2D eigenvalue weighted by Crippen LogP contribution is -2.48. The van der Waals surface area contributed by atoms with Gasteiger partial charge >= 0.3 is 11.9 Å². The maximum absolute atomic E-state index is 12.6. The third-order valence-corrected chi connectivity index (χ3v) is 9.99. The van der Waals surface area contributed by atoms with E-state index in [0.29, 0.717) is 26.2 Å². The van der Waals surface area contributed by atoms with Gasteiger partial charge in [0, 0.05) is 55.4 Å². The van der Waals surface area contributed by atoms with Crippen molar-refractivity contribution in [1.82, 2.24) is 8.61 Å². The van der Waals surface area contributed by atoms with Crippen molar-refractivity contribution in [2.24, 2.45) is 23.7 Å². The molecule has 0 aromatic carbocycles. The van der Waals surface area contributed by atoms with Gasteiger partial charge in [0.15, 0.2) is 0 Å². The van der Waals surface area contributed by atoms with Crippen molar-refractivity contribution in [2.45, 2.75) is 44.3 Å². The zero-order valence-electron chi connectivity index (χ0n) is 19.0. The molecule has 0 amide bonds. The predicted octanol–water partition coefficient (Wildman–Crippen LogP) is 0.359. The number of fused-ring (bicyclic) bond motifs is 4. The smallest absolute Gasteiger partial charge is 0.334 e. The number of carbonyl (C=O) groups excluding carboxylic acids is 2. The lowest BCUT2D eigenvalue weighted by Gasteiger charge is -2.36. The number of hydrogen-bond acceptors (Lipinski definition) is 8. The molecule has 0 N–H and O–H groups in total. The molecule has 4 aliphatic rings. The second kappa shape index (κ2) is 8.94. The Hall–Kier alpha value is -1.50. The molecule has 2 heterocycles. The van der Waals surface area contributed by atoms with Gasteiger partial charge in [-0.3, -0.25) is 4.79 Å². The minimum atomic E-state index is -3.29. The predicted molar refractivity (Wildman–Crippen MR) is 119 cm³/mol. The normalized spacial score (nSPS) is 34.7. The van der Waals surface area contributed by atoms with E-state index < -0.39 is 32.0 Å². The molecule has 0 radical (unpaired) electrons. The van der Waals surface area contributed by atoms with Crippen LogP contribution in [0.4, 0.5) is 0 Å². The molecule has 12 heteroatoms. The fourth-order valence-electron chi connectivity index (χ4n) is 5.83. The Morgan fingerprint density at radius 2 is 1.12 bits per heavy atom. The molecule has 0 aromatic heterocycles. The highest BCUT2D eigenvalue weighted by Gasteiger charge is 2.48. The number of nitrogens with zero attached hydrogens (tertiary/aromatic N) is 2. The molecule has 10 nitrogen and oxygen atoms in total. The van der Waals surface area contributed by atoms with Crippen molar-refractivity contribution in [3.8, 4) is 0 Å². The van der Waals surface area contributed by atoms with Gasteiger partial charge < -0.3 is 9.47 Å². The van der Waals surface area contributed by atoms with E-state index in [1.807, 2.05) is 0 Å². The highest BCUT2D eigenvalue weighted by atomic mass is 32.2. The molecule has 33 heavy (non-hydrogen) atoms. The Labute approximate surface area is 195 Å². The van der Waals surface area contributed by atoms with Crippen LogP contribution in [0.25, 0.3) is 0 Å². The van der Waals surface area contributed by atoms with Crippen LogP contribution in [0.3, 0.4) is 0 Å². The fraction of sp³-hybridized carbons (Fsp3) is 0.810. The maximum atomic E-state index is 12.6. The quantitative estimate of drug-likeness (QED) is 0.359. The van der Waals surface area contributed by atoms with Crippen LogP contribution in [0, 0.1) is 23.7 Å². The van der Waals surface area contributed by atoms with E-state index in [1.165, 1.54) is 21.1 Å². The molecule has 0 aromatic rings. The van der Waals surface area contributed by atoms with E-state index >= 15 is 0 Å². The largest absolute Gasteiger partial charge is 0.461 e. The zero-order valence-corrected chi connectivity index (χ0v) is 20.6. The van der Waals surface area contributed by atoms with Crippen LogP contribution in [0.2, 0.25) is 0 Å². The summed E-state index contributed by atoms with van der Waals surface area (Å²) in [6.07, 6.45) is 4.53. The van der Waals surface area contributed by atoms with Crippen molar-refractivity contribution in [1.29, 1.82) is 0 Å². The van der Waals surface area contributed by atoms with Crippen LogP contribution in [-0.4, -0.2) is 88.3 Å². The van der Waals surface area contributed by atoms with Crippen LogP contribution in [-0.2, 0) is 39.1 Å². The average molecular weight is 505 g/mol. The van der Waals surface area contributed by atoms with Gasteiger partial charge in [0.05, 0.1) is 18.9 Å². The van der Waals surface area contributed by atoms with Crippen molar-refractivity contribution in [3.05, 3.63) is 12.2 Å². The molecule has 186 valence electrons. The highest BCUT2D eigenvalue weighted by Crippen LogP contribution is 2.41. The molecule has 4 rings (SSSR count). The first-order valence-corrected chi connectivity index (χ1v) is 15.0. The minimum Gasteiger partial charge on any atom is -0.461 e. The first-order valence-electron chi connectivity index (χ1n) is 11.3. The van der Waals surface area contributed by atoms with Crippen LogP contribution < -0.4 is 0 Å². The lowest BCUT2D eigenvalue weighted by atomic mass is 9.96. The van der Waals surface area contributed by atoms with Gasteiger partial charge in [-0.05, 0) is 25.7 Å². The number of piperidine rings is 2. The summed E-state index contributed by atoms with van der Waals surface area (Å²) in [6.45, 7) is 5.04. The Morgan fingerprint density at radius 3 is 1.48 bits per heavy atom. The third kappa shape index (κ3) is 5.28. The number of esters is 2. The Morgan fingerprint density at radius 1 is 0.758 bits per heavy atom. The van der Waals surface area contributed by atoms with Crippen molar-refractivity contribution in [3.63, 3.8) is 0 Å². The van der Waals surface area contributed by atoms with Crippen molar-refractivity contribution < 1.29 is 35.9 Å². The van der Waals surface area contributed by atoms with Gasteiger partial charge in [-0.25, -0.2) is 30.2 Å². The first kappa shape index (κ1) is 24.6. The molecule has 2 saturated carbocycles. The van der Waals surface area contributed by atoms with E-state index in [9.17, 15) is 26.4 Å². The number of sulfonamides is 2. The van der Waals surface area contributed by atoms with E-state index in [4.69, 9.17) is 9.47 Å². The van der Waals surface area contributed by atoms with Gasteiger partial charge in [0.25, 0.3) is 0 Å². The topological polar surface area (TPSA) is 127 Å². The molecular weight excluding hydrogens is 472 g/mol. The summed E-state index contributed by atoms with van der Waals surface area (Å²) >= 11 is 0. The van der Waals surface area contributed by atoms with E-state index in [-0.39, 0.29) is 47.9 Å². The van der Waals surface area contributed by atoms with Crippen molar-refractivity contribution >= 4 is 32.0 Å². The fourth-order valence-corrected chi connectivity index (χ4v) is 7.68. The second-order valence-electron chi connectivity index (χ2n) is 9.96. The number of ether oxygens (including phenoxy) is 2. The van der Waals surface area contributed by atoms with Gasteiger partial charge in [-0.1, -0.05) is 6.58 Å². The van der Waals surface area contributed by atoms with Crippen LogP contribution in [0.5, 0.6) is 0 Å². The van der Waals surface area contributed by atoms with Gasteiger partial charge in [-0.2, -0.15) is 0 Å². The SMILES string of the molecule is C=C(CC(=O)OC1[C@@H]2CC[C@H]1CN(S(C)(=O)=O)C2)C(=O)OC1[C@@H]2CC[C@H]1CN(S(C)(=O)=O)C2. The summed E-state index contributed by atoms with van der Waals surface area (Å²) in [5.41, 5.74) is 0.00543. The van der Waals surface area contributed by atoms with Crippen LogP contribution in [0.1, 0.15) is 32.1 Å². The number of rotatable bonds is 7. The molecule has 2 aliphatic carbocycles. The Balaban J connectivity index is 1.28. The first-order chi connectivity index (χ1) is 15.3. The summed E-state index contributed by atoms with van der Waals surface area (Å²) in [4.78, 5) is 25.1. The molecule has 4 fully saturated rings. The van der Waals surface area contributed by atoms with E-state index in [2.05, 4.69) is 6.58 Å². The summed E-state index contributed by atoms with van der Waals surface area (Å²) < 4.78 is 61.6. The maximum Gasteiger partial charge on any atom is 0.334 e. The molecule has 2 saturated heterocycles. The number of carbonyl (C=O) groups is 2. The summed E-state index contributed by atoms with van der Waals surface area (Å²) in [7, 11) is -6.57. The summed E-state index contributed by atoms with van der Waals surface area (Å²) in [5, 5.41) is 0. The highest BCUT2D eigenvalue weighted by molar-refractivity contribution is 7.88. The van der Waals surface area contributed by atoms with E-state index in [1.54, 1.807) is 0 Å².